The average molecular weight is 283 g/mol. The molecule has 0 saturated heterocycles. The molecule has 0 aromatic carbocycles. The third-order valence-electron chi connectivity index (χ3n) is 2.25. The summed E-state index contributed by atoms with van der Waals surface area (Å²) in [5.74, 6) is -0.0387. The zero-order valence-electron chi connectivity index (χ0n) is 9.55. The number of nitrogen functional groups attached to an aromatic ring is 1. The molecule has 0 aliphatic carbocycles. The van der Waals surface area contributed by atoms with E-state index in [1.807, 2.05) is 12.3 Å². The number of carbonyl (C=O) groups excluding carboxylic acids is 1. The molecule has 1 amide bonds. The lowest BCUT2D eigenvalue weighted by Crippen LogP contribution is -2.26. The third-order valence-corrected chi connectivity index (χ3v) is 3.40. The van der Waals surface area contributed by atoms with Crippen LogP contribution < -0.4 is 11.1 Å². The fourth-order valence-electron chi connectivity index (χ4n) is 1.44. The molecule has 7 heteroatoms. The van der Waals surface area contributed by atoms with Crippen LogP contribution >= 0.6 is 22.9 Å². The number of rotatable bonds is 3. The number of hydrogen-bond donors (Lipinski definition) is 2. The van der Waals surface area contributed by atoms with Crippen LogP contribution in [0.4, 0.5) is 5.82 Å². The van der Waals surface area contributed by atoms with Crippen molar-refractivity contribution in [3.63, 3.8) is 0 Å². The molecule has 5 nitrogen and oxygen atoms in total. The van der Waals surface area contributed by atoms with E-state index in [4.69, 9.17) is 17.3 Å². The van der Waals surface area contributed by atoms with Gasteiger partial charge in [-0.3, -0.25) is 4.79 Å². The van der Waals surface area contributed by atoms with E-state index in [1.54, 1.807) is 6.20 Å². The molecule has 2 heterocycles. The molecule has 1 atom stereocenters. The molecule has 94 valence electrons. The number of nitrogens with one attached hydrogen (secondary N) is 1. The van der Waals surface area contributed by atoms with Gasteiger partial charge in [0.2, 0.25) is 0 Å². The second kappa shape index (κ2) is 5.32. The maximum Gasteiger partial charge on any atom is 0.252 e. The average Bonchev–Trinajstić information content (AvgIpc) is 2.80. The van der Waals surface area contributed by atoms with Gasteiger partial charge in [-0.05, 0) is 19.1 Å². The first kappa shape index (κ1) is 12.8. The highest BCUT2D eigenvalue weighted by atomic mass is 35.5. The van der Waals surface area contributed by atoms with E-state index in [0.717, 1.165) is 5.01 Å². The molecular weight excluding hydrogens is 272 g/mol. The summed E-state index contributed by atoms with van der Waals surface area (Å²) in [5.41, 5.74) is 5.92. The Hall–Kier alpha value is -1.66. The van der Waals surface area contributed by atoms with Gasteiger partial charge in [-0.15, -0.1) is 11.3 Å². The maximum atomic E-state index is 12.0. The summed E-state index contributed by atoms with van der Waals surface area (Å²) in [7, 11) is 0. The number of thiazole rings is 1. The lowest BCUT2D eigenvalue weighted by atomic mass is 10.2. The predicted molar refractivity (Wildman–Crippen MR) is 71.7 cm³/mol. The lowest BCUT2D eigenvalue weighted by molar-refractivity contribution is 0.0940. The molecule has 0 saturated carbocycles. The highest BCUT2D eigenvalue weighted by Crippen LogP contribution is 2.17. The predicted octanol–water partition coefficient (Wildman–Crippen LogP) is 2.26. The minimum Gasteiger partial charge on any atom is -0.384 e. The number of halogens is 1. The number of pyridine rings is 1. The molecule has 0 aliphatic heterocycles. The number of nitrogens with two attached hydrogens (primary N) is 1. The maximum absolute atomic E-state index is 12.0. The van der Waals surface area contributed by atoms with Crippen LogP contribution in [0.1, 0.15) is 28.3 Å². The summed E-state index contributed by atoms with van der Waals surface area (Å²) in [6, 6.07) is 2.79. The number of nitrogens with zero attached hydrogens (tertiary/aromatic N) is 2. The van der Waals surface area contributed by atoms with Gasteiger partial charge in [0, 0.05) is 17.1 Å². The van der Waals surface area contributed by atoms with Crippen LogP contribution in [0.2, 0.25) is 5.15 Å². The first-order valence-electron chi connectivity index (χ1n) is 5.19. The molecule has 0 aliphatic rings. The van der Waals surface area contributed by atoms with E-state index in [9.17, 15) is 4.79 Å². The summed E-state index contributed by atoms with van der Waals surface area (Å²) >= 11 is 7.23. The Kier molecular flexibility index (Phi) is 3.78. The fourth-order valence-corrected chi connectivity index (χ4v) is 2.30. The van der Waals surface area contributed by atoms with Gasteiger partial charge < -0.3 is 11.1 Å². The Morgan fingerprint density at radius 2 is 2.33 bits per heavy atom. The van der Waals surface area contributed by atoms with Crippen LogP contribution in [0.3, 0.4) is 0 Å². The van der Waals surface area contributed by atoms with Crippen LogP contribution in [0, 0.1) is 0 Å². The van der Waals surface area contributed by atoms with Crippen LogP contribution in [0.5, 0.6) is 0 Å². The number of carbonyl (C=O) groups is 1. The molecule has 0 fully saturated rings. The van der Waals surface area contributed by atoms with Crippen LogP contribution in [-0.4, -0.2) is 15.9 Å². The van der Waals surface area contributed by atoms with Crippen molar-refractivity contribution in [2.75, 3.05) is 5.73 Å². The quantitative estimate of drug-likeness (QED) is 0.846. The van der Waals surface area contributed by atoms with Crippen molar-refractivity contribution in [3.05, 3.63) is 39.4 Å². The molecule has 2 aromatic heterocycles. The molecular formula is C11H11ClN4OS. The molecule has 18 heavy (non-hydrogen) atoms. The van der Waals surface area contributed by atoms with Crippen molar-refractivity contribution in [1.29, 1.82) is 0 Å². The summed E-state index contributed by atoms with van der Waals surface area (Å²) in [6.07, 6.45) is 1.70. The first-order chi connectivity index (χ1) is 8.56. The molecule has 2 rings (SSSR count). The zero-order valence-corrected chi connectivity index (χ0v) is 11.1. The molecule has 0 spiro atoms. The van der Waals surface area contributed by atoms with Crippen molar-refractivity contribution < 1.29 is 4.79 Å². The largest absolute Gasteiger partial charge is 0.384 e. The molecule has 0 bridgehead atoms. The zero-order chi connectivity index (χ0) is 13.1. The molecule has 0 radical (unpaired) electrons. The number of amides is 1. The van der Waals surface area contributed by atoms with Gasteiger partial charge in [-0.25, -0.2) is 9.97 Å². The van der Waals surface area contributed by atoms with E-state index in [-0.39, 0.29) is 22.9 Å². The number of hydrogen-bond acceptors (Lipinski definition) is 5. The van der Waals surface area contributed by atoms with E-state index >= 15 is 0 Å². The van der Waals surface area contributed by atoms with Crippen LogP contribution in [0.15, 0.2) is 23.7 Å². The van der Waals surface area contributed by atoms with Gasteiger partial charge in [0.05, 0.1) is 6.04 Å². The molecule has 2 aromatic rings. The van der Waals surface area contributed by atoms with Crippen molar-refractivity contribution in [1.82, 2.24) is 15.3 Å². The van der Waals surface area contributed by atoms with Crippen LogP contribution in [0.25, 0.3) is 0 Å². The summed E-state index contributed by atoms with van der Waals surface area (Å²) < 4.78 is 0. The topological polar surface area (TPSA) is 80.9 Å². The van der Waals surface area contributed by atoms with Crippen molar-refractivity contribution in [3.8, 4) is 0 Å². The number of anilines is 1. The summed E-state index contributed by atoms with van der Waals surface area (Å²) in [5, 5.41) is 5.72. The Morgan fingerprint density at radius 1 is 1.56 bits per heavy atom. The van der Waals surface area contributed by atoms with Gasteiger partial charge in [-0.1, -0.05) is 11.6 Å². The monoisotopic (exact) mass is 282 g/mol. The smallest absolute Gasteiger partial charge is 0.252 e. The highest BCUT2D eigenvalue weighted by Gasteiger charge is 2.14. The first-order valence-corrected chi connectivity index (χ1v) is 6.45. The van der Waals surface area contributed by atoms with E-state index in [1.165, 1.54) is 23.5 Å². The lowest BCUT2D eigenvalue weighted by Gasteiger charge is -2.11. The van der Waals surface area contributed by atoms with E-state index in [2.05, 4.69) is 15.3 Å². The Bertz CT molecular complexity index is 538. The highest BCUT2D eigenvalue weighted by molar-refractivity contribution is 7.09. The van der Waals surface area contributed by atoms with E-state index in [0.29, 0.717) is 5.56 Å². The second-order valence-corrected chi connectivity index (χ2v) is 4.98. The Labute approximate surface area is 113 Å². The van der Waals surface area contributed by atoms with E-state index < -0.39 is 0 Å². The van der Waals surface area contributed by atoms with Crippen molar-refractivity contribution in [2.24, 2.45) is 0 Å². The minimum atomic E-state index is -0.256. The minimum absolute atomic E-state index is 0.161. The van der Waals surface area contributed by atoms with Crippen molar-refractivity contribution in [2.45, 2.75) is 13.0 Å². The van der Waals surface area contributed by atoms with Crippen molar-refractivity contribution >= 4 is 34.7 Å². The molecule has 3 N–H and O–H groups in total. The van der Waals surface area contributed by atoms with Gasteiger partial charge in [0.25, 0.3) is 5.91 Å². The Morgan fingerprint density at radius 3 is 2.94 bits per heavy atom. The SMILES string of the molecule is CC(NC(=O)c1cc(N)nc(Cl)c1)c1nccs1. The van der Waals surface area contributed by atoms with Crippen LogP contribution in [-0.2, 0) is 0 Å². The standard InChI is InChI=1S/C11H11ClN4OS/c1-6(11-14-2-3-18-11)15-10(17)7-4-8(12)16-9(13)5-7/h2-6H,1H3,(H2,13,16)(H,15,17). The molecule has 1 unspecified atom stereocenters. The van der Waals surface area contributed by atoms with Gasteiger partial charge >= 0.3 is 0 Å². The fraction of sp³-hybridized carbons (Fsp3) is 0.182. The summed E-state index contributed by atoms with van der Waals surface area (Å²) in [6.45, 7) is 1.86. The van der Waals surface area contributed by atoms with Gasteiger partial charge in [0.15, 0.2) is 0 Å². The normalized spacial score (nSPS) is 12.1. The Balaban J connectivity index is 2.12. The second-order valence-electron chi connectivity index (χ2n) is 3.67. The van der Waals surface area contributed by atoms with Gasteiger partial charge in [0.1, 0.15) is 16.0 Å². The third kappa shape index (κ3) is 2.96. The number of aromatic nitrogens is 2. The summed E-state index contributed by atoms with van der Waals surface area (Å²) in [4.78, 5) is 19.9. The van der Waals surface area contributed by atoms with Gasteiger partial charge in [-0.2, -0.15) is 0 Å².